The van der Waals surface area contributed by atoms with Crippen LogP contribution in [0.5, 0.6) is 5.75 Å². The van der Waals surface area contributed by atoms with Crippen molar-refractivity contribution in [3.05, 3.63) is 58.6 Å². The van der Waals surface area contributed by atoms with E-state index in [0.717, 1.165) is 28.0 Å². The molecule has 2 aromatic rings. The molecule has 0 aliphatic heterocycles. The van der Waals surface area contributed by atoms with Crippen LogP contribution in [0.1, 0.15) is 18.1 Å². The van der Waals surface area contributed by atoms with Crippen molar-refractivity contribution in [1.29, 1.82) is 0 Å². The van der Waals surface area contributed by atoms with Gasteiger partial charge in [0.15, 0.2) is 0 Å². The molecular weight excluding hydrogens is 330 g/mol. The molecule has 0 saturated heterocycles. The third-order valence-electron chi connectivity index (χ3n) is 3.51. The number of hydrogen-bond donors (Lipinski definition) is 1. The van der Waals surface area contributed by atoms with E-state index in [0.29, 0.717) is 6.42 Å². The van der Waals surface area contributed by atoms with E-state index in [9.17, 15) is 5.11 Å². The molecule has 4 heteroatoms. The summed E-state index contributed by atoms with van der Waals surface area (Å²) in [7, 11) is 3.68. The molecule has 0 aliphatic carbocycles. The van der Waals surface area contributed by atoms with Crippen LogP contribution < -0.4 is 9.64 Å². The number of nitrogens with zero attached hydrogens (tertiary/aromatic N) is 1. The number of methoxy groups -OCH3 is 1. The van der Waals surface area contributed by atoms with Crippen molar-refractivity contribution in [2.24, 2.45) is 0 Å². The highest BCUT2D eigenvalue weighted by atomic mass is 79.9. The van der Waals surface area contributed by atoms with Crippen LogP contribution in [0.15, 0.2) is 53.0 Å². The fourth-order valence-corrected chi connectivity index (χ4v) is 2.40. The minimum atomic E-state index is -0.446. The Morgan fingerprint density at radius 1 is 1.10 bits per heavy atom. The van der Waals surface area contributed by atoms with E-state index in [-0.39, 0.29) is 0 Å². The Labute approximate surface area is 134 Å². The number of ether oxygens (including phenoxy) is 1. The molecule has 21 heavy (non-hydrogen) atoms. The van der Waals surface area contributed by atoms with Gasteiger partial charge in [-0.25, -0.2) is 0 Å². The van der Waals surface area contributed by atoms with Crippen molar-refractivity contribution in [2.45, 2.75) is 12.5 Å². The van der Waals surface area contributed by atoms with Crippen molar-refractivity contribution < 1.29 is 9.84 Å². The molecule has 1 N–H and O–H groups in total. The Kier molecular flexibility index (Phi) is 5.65. The second-order valence-electron chi connectivity index (χ2n) is 4.98. The predicted molar refractivity (Wildman–Crippen MR) is 90.0 cm³/mol. The summed E-state index contributed by atoms with van der Waals surface area (Å²) < 4.78 is 6.17. The second-order valence-corrected chi connectivity index (χ2v) is 5.89. The van der Waals surface area contributed by atoms with E-state index < -0.39 is 6.10 Å². The number of hydrogen-bond acceptors (Lipinski definition) is 3. The largest absolute Gasteiger partial charge is 0.497 e. The van der Waals surface area contributed by atoms with E-state index in [4.69, 9.17) is 4.74 Å². The molecule has 2 aromatic carbocycles. The van der Waals surface area contributed by atoms with Crippen molar-refractivity contribution in [1.82, 2.24) is 0 Å². The third-order valence-corrected chi connectivity index (χ3v) is 4.03. The van der Waals surface area contributed by atoms with E-state index in [1.807, 2.05) is 55.6 Å². The molecule has 0 aliphatic rings. The lowest BCUT2D eigenvalue weighted by Crippen LogP contribution is -2.20. The number of anilines is 1. The van der Waals surface area contributed by atoms with Crippen LogP contribution in [-0.4, -0.2) is 25.8 Å². The molecule has 1 unspecified atom stereocenters. The first-order valence-corrected chi connectivity index (χ1v) is 7.68. The van der Waals surface area contributed by atoms with E-state index in [2.05, 4.69) is 20.8 Å². The Morgan fingerprint density at radius 2 is 1.71 bits per heavy atom. The quantitative estimate of drug-likeness (QED) is 0.854. The number of aliphatic hydroxyl groups is 1. The van der Waals surface area contributed by atoms with Gasteiger partial charge in [0.2, 0.25) is 0 Å². The van der Waals surface area contributed by atoms with Crippen molar-refractivity contribution in [3.8, 4) is 5.75 Å². The number of benzene rings is 2. The van der Waals surface area contributed by atoms with Gasteiger partial charge in [0.25, 0.3) is 0 Å². The molecule has 0 heterocycles. The molecule has 112 valence electrons. The molecule has 3 nitrogen and oxygen atoms in total. The SMILES string of the molecule is COc1ccc(N(C)CCC(O)c2ccc(Br)cc2)cc1. The van der Waals surface area contributed by atoms with Crippen LogP contribution in [0.3, 0.4) is 0 Å². The van der Waals surface area contributed by atoms with Crippen molar-refractivity contribution in [3.63, 3.8) is 0 Å². The number of rotatable bonds is 6. The zero-order valence-corrected chi connectivity index (χ0v) is 13.9. The van der Waals surface area contributed by atoms with Gasteiger partial charge in [0.1, 0.15) is 5.75 Å². The molecular formula is C17H20BrNO2. The molecule has 0 saturated carbocycles. The molecule has 2 rings (SSSR count). The van der Waals surface area contributed by atoms with Gasteiger partial charge in [-0.2, -0.15) is 0 Å². The van der Waals surface area contributed by atoms with E-state index in [1.165, 1.54) is 0 Å². The average Bonchev–Trinajstić information content (AvgIpc) is 2.53. The number of aliphatic hydroxyl groups excluding tert-OH is 1. The zero-order valence-electron chi connectivity index (χ0n) is 12.3. The maximum atomic E-state index is 10.2. The Balaban J connectivity index is 1.90. The first-order chi connectivity index (χ1) is 10.1. The van der Waals surface area contributed by atoms with Crippen LogP contribution in [0, 0.1) is 0 Å². The van der Waals surface area contributed by atoms with Gasteiger partial charge in [0, 0.05) is 23.8 Å². The maximum Gasteiger partial charge on any atom is 0.119 e. The highest BCUT2D eigenvalue weighted by Gasteiger charge is 2.09. The summed E-state index contributed by atoms with van der Waals surface area (Å²) in [5, 5.41) is 10.2. The van der Waals surface area contributed by atoms with Gasteiger partial charge in [-0.3, -0.25) is 0 Å². The lowest BCUT2D eigenvalue weighted by molar-refractivity contribution is 0.170. The maximum absolute atomic E-state index is 10.2. The zero-order chi connectivity index (χ0) is 15.2. The second kappa shape index (κ2) is 7.48. The lowest BCUT2D eigenvalue weighted by Gasteiger charge is -2.21. The van der Waals surface area contributed by atoms with Crippen molar-refractivity contribution in [2.75, 3.05) is 25.6 Å². The van der Waals surface area contributed by atoms with Crippen molar-refractivity contribution >= 4 is 21.6 Å². The van der Waals surface area contributed by atoms with E-state index in [1.54, 1.807) is 7.11 Å². The first-order valence-electron chi connectivity index (χ1n) is 6.89. The molecule has 0 fully saturated rings. The number of halogens is 1. The Morgan fingerprint density at radius 3 is 2.29 bits per heavy atom. The summed E-state index contributed by atoms with van der Waals surface area (Å²) >= 11 is 3.40. The van der Waals surface area contributed by atoms with Gasteiger partial charge < -0.3 is 14.7 Å². The molecule has 0 radical (unpaired) electrons. The Hall–Kier alpha value is -1.52. The lowest BCUT2D eigenvalue weighted by atomic mass is 10.1. The van der Waals surface area contributed by atoms with Gasteiger partial charge in [-0.15, -0.1) is 0 Å². The summed E-state index contributed by atoms with van der Waals surface area (Å²) in [4.78, 5) is 2.13. The summed E-state index contributed by atoms with van der Waals surface area (Å²) in [6.07, 6.45) is 0.239. The van der Waals surface area contributed by atoms with Crippen LogP contribution in [0.25, 0.3) is 0 Å². The molecule has 0 bridgehead atoms. The summed E-state index contributed by atoms with van der Waals surface area (Å²) in [6.45, 7) is 0.781. The van der Waals surface area contributed by atoms with Gasteiger partial charge in [-0.05, 0) is 48.4 Å². The topological polar surface area (TPSA) is 32.7 Å². The standard InChI is InChI=1S/C17H20BrNO2/c1-19(15-7-9-16(21-2)10-8-15)12-11-17(20)13-3-5-14(18)6-4-13/h3-10,17,20H,11-12H2,1-2H3. The van der Waals surface area contributed by atoms with Crippen LogP contribution in [0.4, 0.5) is 5.69 Å². The third kappa shape index (κ3) is 4.48. The minimum absolute atomic E-state index is 0.446. The normalized spacial score (nSPS) is 12.0. The summed E-state index contributed by atoms with van der Waals surface area (Å²) in [5.41, 5.74) is 2.06. The van der Waals surface area contributed by atoms with Gasteiger partial charge in [0.05, 0.1) is 13.2 Å². The smallest absolute Gasteiger partial charge is 0.119 e. The summed E-state index contributed by atoms with van der Waals surface area (Å²) in [6, 6.07) is 15.7. The van der Waals surface area contributed by atoms with Crippen LogP contribution in [-0.2, 0) is 0 Å². The van der Waals surface area contributed by atoms with Crippen LogP contribution >= 0.6 is 15.9 Å². The molecule has 0 spiro atoms. The van der Waals surface area contributed by atoms with E-state index >= 15 is 0 Å². The molecule has 1 atom stereocenters. The van der Waals surface area contributed by atoms with Gasteiger partial charge >= 0.3 is 0 Å². The first kappa shape index (κ1) is 15.9. The predicted octanol–water partition coefficient (Wildman–Crippen LogP) is 4.02. The fourth-order valence-electron chi connectivity index (χ4n) is 2.13. The molecule has 0 aromatic heterocycles. The average molecular weight is 350 g/mol. The van der Waals surface area contributed by atoms with Gasteiger partial charge in [-0.1, -0.05) is 28.1 Å². The Bertz CT molecular complexity index is 554. The highest BCUT2D eigenvalue weighted by molar-refractivity contribution is 9.10. The monoisotopic (exact) mass is 349 g/mol. The summed E-state index contributed by atoms with van der Waals surface area (Å²) in [5.74, 6) is 0.849. The molecule has 0 amide bonds. The minimum Gasteiger partial charge on any atom is -0.497 e. The highest BCUT2D eigenvalue weighted by Crippen LogP contribution is 2.22. The van der Waals surface area contributed by atoms with Crippen LogP contribution in [0.2, 0.25) is 0 Å². The fraction of sp³-hybridized carbons (Fsp3) is 0.294.